The molecule has 2 N–H and O–H groups in total. The maximum Gasteiger partial charge on any atom is 0.338 e. The standard InChI is InChI=1S/C12H8Cl2N2O3/c13-6-3-1-2-5(9(6)14)10-8-7(4-19-11(8)17)15-12(18)16-10/h1-3,10H,4H2,(H2,15,16,18). The summed E-state index contributed by atoms with van der Waals surface area (Å²) in [7, 11) is 0. The lowest BCUT2D eigenvalue weighted by molar-refractivity contribution is -0.136. The molecule has 1 unspecified atom stereocenters. The molecule has 2 aliphatic rings. The number of ether oxygens (including phenoxy) is 1. The van der Waals surface area contributed by atoms with E-state index in [0.717, 1.165) is 0 Å². The van der Waals surface area contributed by atoms with Gasteiger partial charge >= 0.3 is 12.0 Å². The smallest absolute Gasteiger partial charge is 0.338 e. The molecule has 1 aromatic rings. The predicted octanol–water partition coefficient (Wildman–Crippen LogP) is 2.16. The van der Waals surface area contributed by atoms with Crippen LogP contribution < -0.4 is 10.6 Å². The van der Waals surface area contributed by atoms with Crippen LogP contribution in [0, 0.1) is 0 Å². The molecule has 0 saturated heterocycles. The Morgan fingerprint density at radius 2 is 2.05 bits per heavy atom. The Morgan fingerprint density at radius 3 is 2.84 bits per heavy atom. The van der Waals surface area contributed by atoms with E-state index in [1.165, 1.54) is 0 Å². The number of benzene rings is 1. The number of nitrogens with one attached hydrogen (secondary N) is 2. The van der Waals surface area contributed by atoms with Crippen LogP contribution in [0.1, 0.15) is 11.6 Å². The van der Waals surface area contributed by atoms with Crippen LogP contribution >= 0.6 is 23.2 Å². The highest BCUT2D eigenvalue weighted by atomic mass is 35.5. The maximum atomic E-state index is 11.7. The number of esters is 1. The second-order valence-electron chi connectivity index (χ2n) is 4.14. The van der Waals surface area contributed by atoms with Gasteiger partial charge < -0.3 is 15.4 Å². The molecule has 1 aromatic carbocycles. The van der Waals surface area contributed by atoms with Crippen molar-refractivity contribution in [2.45, 2.75) is 6.04 Å². The molecule has 2 heterocycles. The summed E-state index contributed by atoms with van der Waals surface area (Å²) in [6.45, 7) is 0.0657. The summed E-state index contributed by atoms with van der Waals surface area (Å²) in [4.78, 5) is 23.3. The molecule has 98 valence electrons. The van der Waals surface area contributed by atoms with Gasteiger partial charge in [-0.3, -0.25) is 0 Å². The number of hydrogen-bond acceptors (Lipinski definition) is 3. The summed E-state index contributed by atoms with van der Waals surface area (Å²) in [5.74, 6) is -0.469. The molecule has 3 rings (SSSR count). The Morgan fingerprint density at radius 1 is 1.26 bits per heavy atom. The van der Waals surface area contributed by atoms with Gasteiger partial charge in [-0.25, -0.2) is 9.59 Å². The number of halogens is 2. The van der Waals surface area contributed by atoms with Crippen molar-refractivity contribution >= 4 is 35.2 Å². The Bertz CT molecular complexity index is 627. The van der Waals surface area contributed by atoms with Gasteiger partial charge in [0.1, 0.15) is 6.61 Å². The van der Waals surface area contributed by atoms with Gasteiger partial charge in [0.15, 0.2) is 0 Å². The zero-order valence-electron chi connectivity index (χ0n) is 9.50. The summed E-state index contributed by atoms with van der Waals surface area (Å²) in [6.07, 6.45) is 0. The van der Waals surface area contributed by atoms with Gasteiger partial charge in [-0.2, -0.15) is 0 Å². The Kier molecular flexibility index (Phi) is 2.88. The van der Waals surface area contributed by atoms with Crippen molar-refractivity contribution < 1.29 is 14.3 Å². The minimum Gasteiger partial charge on any atom is -0.456 e. The number of cyclic esters (lactones) is 1. The number of carbonyl (C=O) groups is 2. The van der Waals surface area contributed by atoms with Gasteiger partial charge in [-0.15, -0.1) is 0 Å². The number of rotatable bonds is 1. The van der Waals surface area contributed by atoms with E-state index >= 15 is 0 Å². The zero-order valence-corrected chi connectivity index (χ0v) is 11.0. The summed E-state index contributed by atoms with van der Waals surface area (Å²) in [6, 6.07) is 4.00. The molecular formula is C12H8Cl2N2O3. The van der Waals surface area contributed by atoms with E-state index in [-0.39, 0.29) is 6.61 Å². The van der Waals surface area contributed by atoms with Crippen molar-refractivity contribution in [1.29, 1.82) is 0 Å². The quantitative estimate of drug-likeness (QED) is 0.781. The third-order valence-corrected chi connectivity index (χ3v) is 3.85. The summed E-state index contributed by atoms with van der Waals surface area (Å²) >= 11 is 12.1. The largest absolute Gasteiger partial charge is 0.456 e. The van der Waals surface area contributed by atoms with E-state index in [1.807, 2.05) is 0 Å². The van der Waals surface area contributed by atoms with Gasteiger partial charge in [0.05, 0.1) is 27.4 Å². The van der Waals surface area contributed by atoms with Crippen molar-refractivity contribution in [2.75, 3.05) is 6.61 Å². The molecule has 0 saturated carbocycles. The number of urea groups is 1. The van der Waals surface area contributed by atoms with Crippen LogP contribution in [0.2, 0.25) is 10.0 Å². The molecule has 2 aliphatic heterocycles. The van der Waals surface area contributed by atoms with Crippen LogP contribution in [-0.4, -0.2) is 18.6 Å². The van der Waals surface area contributed by atoms with E-state index in [1.54, 1.807) is 18.2 Å². The second kappa shape index (κ2) is 4.43. The molecular weight excluding hydrogens is 291 g/mol. The third kappa shape index (κ3) is 1.95. The second-order valence-corrected chi connectivity index (χ2v) is 4.93. The van der Waals surface area contributed by atoms with Crippen LogP contribution in [0.4, 0.5) is 4.79 Å². The summed E-state index contributed by atoms with van der Waals surface area (Å²) in [5.41, 5.74) is 1.40. The van der Waals surface area contributed by atoms with Crippen LogP contribution in [0.25, 0.3) is 0 Å². The van der Waals surface area contributed by atoms with Crippen LogP contribution in [0.3, 0.4) is 0 Å². The van der Waals surface area contributed by atoms with E-state index in [4.69, 9.17) is 27.9 Å². The third-order valence-electron chi connectivity index (χ3n) is 3.01. The average Bonchev–Trinajstić information content (AvgIpc) is 2.73. The van der Waals surface area contributed by atoms with Gasteiger partial charge in [-0.1, -0.05) is 35.3 Å². The fraction of sp³-hybridized carbons (Fsp3) is 0.167. The first-order valence-electron chi connectivity index (χ1n) is 5.49. The lowest BCUT2D eigenvalue weighted by Crippen LogP contribution is -2.44. The van der Waals surface area contributed by atoms with Crippen LogP contribution in [0.15, 0.2) is 29.5 Å². The Hall–Kier alpha value is -1.72. The van der Waals surface area contributed by atoms with E-state index in [2.05, 4.69) is 10.6 Å². The van der Waals surface area contributed by atoms with Gasteiger partial charge in [-0.05, 0) is 11.6 Å². The van der Waals surface area contributed by atoms with E-state index < -0.39 is 18.0 Å². The maximum absolute atomic E-state index is 11.7. The highest BCUT2D eigenvalue weighted by Gasteiger charge is 2.38. The topological polar surface area (TPSA) is 67.4 Å². The van der Waals surface area contributed by atoms with Crippen molar-refractivity contribution in [2.24, 2.45) is 0 Å². The van der Waals surface area contributed by atoms with Crippen molar-refractivity contribution in [1.82, 2.24) is 10.6 Å². The Labute approximate surface area is 118 Å². The SMILES string of the molecule is O=C1NC2=C(C(=O)OC2)C(c2cccc(Cl)c2Cl)N1. The Balaban J connectivity index is 2.13. The molecule has 2 amide bonds. The monoisotopic (exact) mass is 298 g/mol. The molecule has 0 aliphatic carbocycles. The van der Waals surface area contributed by atoms with Gasteiger partial charge in [0.2, 0.25) is 0 Å². The molecule has 0 radical (unpaired) electrons. The molecule has 1 atom stereocenters. The van der Waals surface area contributed by atoms with Crippen molar-refractivity contribution in [3.05, 3.63) is 45.1 Å². The number of carbonyl (C=O) groups excluding carboxylic acids is 2. The highest BCUT2D eigenvalue weighted by molar-refractivity contribution is 6.42. The van der Waals surface area contributed by atoms with Crippen LogP contribution in [-0.2, 0) is 9.53 Å². The number of amides is 2. The summed E-state index contributed by atoms with van der Waals surface area (Å²) < 4.78 is 4.93. The average molecular weight is 299 g/mol. The molecule has 0 aromatic heterocycles. The molecule has 19 heavy (non-hydrogen) atoms. The molecule has 0 fully saturated rings. The van der Waals surface area contributed by atoms with Crippen molar-refractivity contribution in [3.8, 4) is 0 Å². The minimum absolute atomic E-state index is 0.0657. The van der Waals surface area contributed by atoms with Gasteiger partial charge in [0, 0.05) is 0 Å². The highest BCUT2D eigenvalue weighted by Crippen LogP contribution is 2.37. The van der Waals surface area contributed by atoms with Crippen molar-refractivity contribution in [3.63, 3.8) is 0 Å². The molecule has 0 bridgehead atoms. The fourth-order valence-electron chi connectivity index (χ4n) is 2.16. The van der Waals surface area contributed by atoms with E-state index in [0.29, 0.717) is 26.9 Å². The lowest BCUT2D eigenvalue weighted by Gasteiger charge is -2.25. The molecule has 0 spiro atoms. The number of hydrogen-bond donors (Lipinski definition) is 2. The minimum atomic E-state index is -0.648. The van der Waals surface area contributed by atoms with E-state index in [9.17, 15) is 9.59 Å². The first-order chi connectivity index (χ1) is 9.08. The van der Waals surface area contributed by atoms with Crippen LogP contribution in [0.5, 0.6) is 0 Å². The normalized spacial score (nSPS) is 21.7. The lowest BCUT2D eigenvalue weighted by atomic mass is 9.96. The molecule has 5 nitrogen and oxygen atoms in total. The predicted molar refractivity (Wildman–Crippen MR) is 68.9 cm³/mol. The molecule has 7 heteroatoms. The first kappa shape index (κ1) is 12.3. The van der Waals surface area contributed by atoms with Gasteiger partial charge in [0.25, 0.3) is 0 Å². The zero-order chi connectivity index (χ0) is 13.6. The fourth-order valence-corrected chi connectivity index (χ4v) is 2.58. The first-order valence-corrected chi connectivity index (χ1v) is 6.25. The summed E-state index contributed by atoms with van der Waals surface area (Å²) in [5, 5.41) is 5.87.